The van der Waals surface area contributed by atoms with Crippen molar-refractivity contribution >= 4 is 21.6 Å². The summed E-state index contributed by atoms with van der Waals surface area (Å²) in [6, 6.07) is 6.53. The molecule has 0 aliphatic carbocycles. The molecule has 1 saturated heterocycles. The summed E-state index contributed by atoms with van der Waals surface area (Å²) < 4.78 is 38.1. The smallest absolute Gasteiger partial charge is 0.243 e. The minimum Gasteiger partial charge on any atom is -0.496 e. The van der Waals surface area contributed by atoms with E-state index in [4.69, 9.17) is 21.1 Å². The Balaban J connectivity index is 1.74. The molecule has 1 aromatic heterocycles. The lowest BCUT2D eigenvalue weighted by Crippen LogP contribution is -2.31. The molecule has 8 heteroatoms. The van der Waals surface area contributed by atoms with Crippen LogP contribution in [0.3, 0.4) is 0 Å². The van der Waals surface area contributed by atoms with Crippen molar-refractivity contribution in [2.75, 3.05) is 20.2 Å². The molecule has 0 spiro atoms. The van der Waals surface area contributed by atoms with E-state index < -0.39 is 10.0 Å². The number of methoxy groups -OCH3 is 1. The molecule has 0 radical (unpaired) electrons. The van der Waals surface area contributed by atoms with Gasteiger partial charge in [0.05, 0.1) is 18.6 Å². The highest BCUT2D eigenvalue weighted by molar-refractivity contribution is 7.89. The van der Waals surface area contributed by atoms with Crippen molar-refractivity contribution in [2.45, 2.75) is 24.3 Å². The number of pyridine rings is 1. The average Bonchev–Trinajstić information content (AvgIpc) is 3.06. The van der Waals surface area contributed by atoms with Crippen LogP contribution in [0, 0.1) is 6.92 Å². The zero-order valence-corrected chi connectivity index (χ0v) is 15.5. The van der Waals surface area contributed by atoms with E-state index in [1.54, 1.807) is 37.6 Å². The predicted octanol–water partition coefficient (Wildman–Crippen LogP) is 2.89. The van der Waals surface area contributed by atoms with Gasteiger partial charge in [0.2, 0.25) is 10.0 Å². The van der Waals surface area contributed by atoms with Gasteiger partial charge in [0, 0.05) is 25.0 Å². The number of sulfonamides is 1. The van der Waals surface area contributed by atoms with Gasteiger partial charge in [0.25, 0.3) is 0 Å². The van der Waals surface area contributed by atoms with E-state index in [0.29, 0.717) is 29.5 Å². The first-order valence-corrected chi connectivity index (χ1v) is 9.64. The van der Waals surface area contributed by atoms with Crippen LogP contribution in [-0.2, 0) is 10.0 Å². The third-order valence-electron chi connectivity index (χ3n) is 4.14. The van der Waals surface area contributed by atoms with E-state index in [1.807, 2.05) is 6.92 Å². The molecule has 134 valence electrons. The predicted molar refractivity (Wildman–Crippen MR) is 94.8 cm³/mol. The third kappa shape index (κ3) is 3.73. The molecular weight excluding hydrogens is 364 g/mol. The summed E-state index contributed by atoms with van der Waals surface area (Å²) >= 11 is 6.04. The first kappa shape index (κ1) is 18.0. The monoisotopic (exact) mass is 382 g/mol. The second-order valence-corrected chi connectivity index (χ2v) is 8.17. The molecule has 2 heterocycles. The van der Waals surface area contributed by atoms with Crippen LogP contribution in [0.1, 0.15) is 12.0 Å². The average molecular weight is 383 g/mol. The standard InChI is InChI=1S/C17H19ClN2O4S/c1-12-9-14(3-4-16(12)23-2)25(21,22)20-8-6-13(11-20)24-17-5-7-19-10-15(17)18/h3-5,7,9-10,13H,6,8,11H2,1-2H3/t13-/m0/s1. The first-order valence-electron chi connectivity index (χ1n) is 7.83. The maximum absolute atomic E-state index is 12.8. The van der Waals surface area contributed by atoms with E-state index in [9.17, 15) is 8.42 Å². The molecular formula is C17H19ClN2O4S. The Morgan fingerprint density at radius 1 is 1.28 bits per heavy atom. The highest BCUT2D eigenvalue weighted by Gasteiger charge is 2.34. The zero-order valence-electron chi connectivity index (χ0n) is 14.0. The maximum Gasteiger partial charge on any atom is 0.243 e. The van der Waals surface area contributed by atoms with Crippen molar-refractivity contribution < 1.29 is 17.9 Å². The molecule has 1 aliphatic rings. The Kier molecular flexibility index (Phi) is 5.17. The summed E-state index contributed by atoms with van der Waals surface area (Å²) in [6.45, 7) is 2.51. The minimum atomic E-state index is -3.57. The molecule has 0 amide bonds. The highest BCUT2D eigenvalue weighted by atomic mass is 35.5. The van der Waals surface area contributed by atoms with Crippen LogP contribution in [0.2, 0.25) is 5.02 Å². The van der Waals surface area contributed by atoms with Gasteiger partial charge in [-0.3, -0.25) is 4.98 Å². The fraction of sp³-hybridized carbons (Fsp3) is 0.353. The molecule has 3 rings (SSSR count). The van der Waals surface area contributed by atoms with Crippen LogP contribution in [0.15, 0.2) is 41.6 Å². The summed E-state index contributed by atoms with van der Waals surface area (Å²) in [5.41, 5.74) is 0.777. The Hall–Kier alpha value is -1.83. The lowest BCUT2D eigenvalue weighted by molar-refractivity contribution is 0.215. The largest absolute Gasteiger partial charge is 0.496 e. The third-order valence-corrected chi connectivity index (χ3v) is 6.29. The topological polar surface area (TPSA) is 68.7 Å². The van der Waals surface area contributed by atoms with Crippen molar-refractivity contribution in [3.05, 3.63) is 47.2 Å². The Bertz CT molecular complexity index is 873. The number of aromatic nitrogens is 1. The van der Waals surface area contributed by atoms with Crippen LogP contribution in [-0.4, -0.2) is 44.0 Å². The summed E-state index contributed by atoms with van der Waals surface area (Å²) in [6.07, 6.45) is 3.45. The normalized spacial score (nSPS) is 18.3. The van der Waals surface area contributed by atoms with E-state index in [-0.39, 0.29) is 17.5 Å². The number of rotatable bonds is 5. The van der Waals surface area contributed by atoms with Crippen molar-refractivity contribution in [3.63, 3.8) is 0 Å². The zero-order chi connectivity index (χ0) is 18.0. The van der Waals surface area contributed by atoms with Gasteiger partial charge >= 0.3 is 0 Å². The number of hydrogen-bond donors (Lipinski definition) is 0. The van der Waals surface area contributed by atoms with Gasteiger partial charge in [-0.25, -0.2) is 8.42 Å². The number of halogens is 1. The molecule has 0 N–H and O–H groups in total. The number of ether oxygens (including phenoxy) is 2. The number of benzene rings is 1. The van der Waals surface area contributed by atoms with Gasteiger partial charge in [0.15, 0.2) is 0 Å². The second kappa shape index (κ2) is 7.19. The van der Waals surface area contributed by atoms with Gasteiger partial charge in [-0.15, -0.1) is 0 Å². The molecule has 1 fully saturated rings. The molecule has 1 aromatic carbocycles. The summed E-state index contributed by atoms with van der Waals surface area (Å²) in [5, 5.41) is 0.412. The summed E-state index contributed by atoms with van der Waals surface area (Å²) in [5.74, 6) is 1.18. The van der Waals surface area contributed by atoms with Crippen LogP contribution in [0.25, 0.3) is 0 Å². The molecule has 25 heavy (non-hydrogen) atoms. The van der Waals surface area contributed by atoms with E-state index in [1.165, 1.54) is 10.5 Å². The van der Waals surface area contributed by atoms with Crippen LogP contribution < -0.4 is 9.47 Å². The number of aryl methyl sites for hydroxylation is 1. The van der Waals surface area contributed by atoms with Crippen molar-refractivity contribution in [1.29, 1.82) is 0 Å². The van der Waals surface area contributed by atoms with Gasteiger partial charge in [-0.2, -0.15) is 4.31 Å². The van der Waals surface area contributed by atoms with Gasteiger partial charge in [-0.1, -0.05) is 11.6 Å². The SMILES string of the molecule is COc1ccc(S(=O)(=O)N2CC[C@H](Oc3ccncc3Cl)C2)cc1C. The molecule has 1 atom stereocenters. The highest BCUT2D eigenvalue weighted by Crippen LogP contribution is 2.29. The Labute approximate surface area is 152 Å². The molecule has 1 aliphatic heterocycles. The molecule has 6 nitrogen and oxygen atoms in total. The van der Waals surface area contributed by atoms with Crippen LogP contribution >= 0.6 is 11.6 Å². The fourth-order valence-corrected chi connectivity index (χ4v) is 4.55. The quantitative estimate of drug-likeness (QED) is 0.795. The molecule has 0 unspecified atom stereocenters. The lowest BCUT2D eigenvalue weighted by atomic mass is 10.2. The van der Waals surface area contributed by atoms with Crippen molar-refractivity contribution in [3.8, 4) is 11.5 Å². The van der Waals surface area contributed by atoms with Crippen LogP contribution in [0.4, 0.5) is 0 Å². The maximum atomic E-state index is 12.8. The van der Waals surface area contributed by atoms with Gasteiger partial charge in [-0.05, 0) is 37.1 Å². The Morgan fingerprint density at radius 3 is 2.76 bits per heavy atom. The van der Waals surface area contributed by atoms with E-state index >= 15 is 0 Å². The fourth-order valence-electron chi connectivity index (χ4n) is 2.81. The number of hydrogen-bond acceptors (Lipinski definition) is 5. The minimum absolute atomic E-state index is 0.242. The van der Waals surface area contributed by atoms with E-state index in [2.05, 4.69) is 4.98 Å². The summed E-state index contributed by atoms with van der Waals surface area (Å²) in [7, 11) is -2.01. The second-order valence-electron chi connectivity index (χ2n) is 5.83. The van der Waals surface area contributed by atoms with E-state index in [0.717, 1.165) is 5.56 Å². The summed E-state index contributed by atoms with van der Waals surface area (Å²) in [4.78, 5) is 4.16. The molecule has 0 bridgehead atoms. The van der Waals surface area contributed by atoms with Crippen LogP contribution in [0.5, 0.6) is 11.5 Å². The van der Waals surface area contributed by atoms with Gasteiger partial charge in [0.1, 0.15) is 22.6 Å². The van der Waals surface area contributed by atoms with Gasteiger partial charge < -0.3 is 9.47 Å². The molecule has 0 saturated carbocycles. The first-order chi connectivity index (χ1) is 11.9. The van der Waals surface area contributed by atoms with Crippen molar-refractivity contribution in [1.82, 2.24) is 9.29 Å². The Morgan fingerprint density at radius 2 is 2.08 bits per heavy atom. The number of nitrogens with zero attached hydrogens (tertiary/aromatic N) is 2. The van der Waals surface area contributed by atoms with Crippen molar-refractivity contribution in [2.24, 2.45) is 0 Å². The molecule has 2 aromatic rings. The lowest BCUT2D eigenvalue weighted by Gasteiger charge is -2.18.